The summed E-state index contributed by atoms with van der Waals surface area (Å²) < 4.78 is 17.3. The maximum Gasteiger partial charge on any atom is 0.246 e. The number of nitrogens with one attached hydrogen (secondary N) is 2. The molecule has 0 saturated heterocycles. The fraction of sp³-hybridized carbons (Fsp3) is 0.176. The van der Waals surface area contributed by atoms with Crippen molar-refractivity contribution in [3.63, 3.8) is 0 Å². The summed E-state index contributed by atoms with van der Waals surface area (Å²) in [5.41, 5.74) is 1.61. The van der Waals surface area contributed by atoms with Crippen LogP contribution in [0.25, 0.3) is 11.2 Å². The van der Waals surface area contributed by atoms with Crippen LogP contribution >= 0.6 is 11.6 Å². The number of hydrogen-bond acceptors (Lipinski definition) is 7. The molecule has 0 spiro atoms. The van der Waals surface area contributed by atoms with Gasteiger partial charge in [0.1, 0.15) is 25.0 Å². The standard InChI is InChI=1S/C17H15ClFN9O/c1-2-27-9-21-14-15(25-17(18)26-16(14)27)23-10-3-4-11(19)12(5-10)24-13(29)6-28-8-20-7-22-28/h3-5,7-9H,2,6H2,1H3,(H,24,29)(H,23,25,26). The van der Waals surface area contributed by atoms with E-state index in [0.717, 1.165) is 0 Å². The van der Waals surface area contributed by atoms with Gasteiger partial charge in [-0.3, -0.25) is 4.79 Å². The number of imidazole rings is 1. The van der Waals surface area contributed by atoms with Crippen molar-refractivity contribution < 1.29 is 9.18 Å². The highest BCUT2D eigenvalue weighted by molar-refractivity contribution is 6.28. The Bertz CT molecular complexity index is 1180. The Labute approximate surface area is 168 Å². The number of anilines is 3. The molecule has 0 aliphatic rings. The van der Waals surface area contributed by atoms with Gasteiger partial charge in [0.05, 0.1) is 12.0 Å². The smallest absolute Gasteiger partial charge is 0.246 e. The monoisotopic (exact) mass is 415 g/mol. The van der Waals surface area contributed by atoms with E-state index in [1.807, 2.05) is 11.5 Å². The number of fused-ring (bicyclic) bond motifs is 1. The first-order valence-corrected chi connectivity index (χ1v) is 8.98. The van der Waals surface area contributed by atoms with E-state index in [4.69, 9.17) is 11.6 Å². The molecule has 29 heavy (non-hydrogen) atoms. The Hall–Kier alpha value is -3.60. The van der Waals surface area contributed by atoms with Crippen LogP contribution in [0.1, 0.15) is 6.92 Å². The van der Waals surface area contributed by atoms with Gasteiger partial charge in [-0.2, -0.15) is 15.1 Å². The predicted octanol–water partition coefficient (Wildman–Crippen LogP) is 2.61. The third-order valence-electron chi connectivity index (χ3n) is 4.05. The lowest BCUT2D eigenvalue weighted by Crippen LogP contribution is -2.19. The first-order chi connectivity index (χ1) is 14.0. The fourth-order valence-corrected chi connectivity index (χ4v) is 2.89. The van der Waals surface area contributed by atoms with Gasteiger partial charge in [0.15, 0.2) is 17.0 Å². The van der Waals surface area contributed by atoms with Crippen molar-refractivity contribution in [2.45, 2.75) is 20.0 Å². The number of halogens is 2. The number of aromatic nitrogens is 7. The van der Waals surface area contributed by atoms with Crippen molar-refractivity contribution >= 4 is 45.9 Å². The summed E-state index contributed by atoms with van der Waals surface area (Å²) in [6, 6.07) is 4.20. The largest absolute Gasteiger partial charge is 0.338 e. The van der Waals surface area contributed by atoms with Gasteiger partial charge in [-0.1, -0.05) is 0 Å². The maximum absolute atomic E-state index is 14.2. The molecule has 148 valence electrons. The second-order valence-electron chi connectivity index (χ2n) is 6.00. The number of hydrogen-bond donors (Lipinski definition) is 2. The first kappa shape index (κ1) is 18.7. The quantitative estimate of drug-likeness (QED) is 0.465. The van der Waals surface area contributed by atoms with Crippen LogP contribution in [0, 0.1) is 5.82 Å². The summed E-state index contributed by atoms with van der Waals surface area (Å²) in [6.07, 6.45) is 4.35. The van der Waals surface area contributed by atoms with Crippen LogP contribution in [-0.4, -0.2) is 40.2 Å². The van der Waals surface area contributed by atoms with E-state index < -0.39 is 11.7 Å². The minimum absolute atomic E-state index is 0.00981. The lowest BCUT2D eigenvalue weighted by atomic mass is 10.2. The van der Waals surface area contributed by atoms with Crippen molar-refractivity contribution in [1.29, 1.82) is 0 Å². The highest BCUT2D eigenvalue weighted by Crippen LogP contribution is 2.27. The molecule has 2 N–H and O–H groups in total. The summed E-state index contributed by atoms with van der Waals surface area (Å²) in [4.78, 5) is 28.6. The highest BCUT2D eigenvalue weighted by atomic mass is 35.5. The van der Waals surface area contributed by atoms with Crippen molar-refractivity contribution in [2.24, 2.45) is 0 Å². The van der Waals surface area contributed by atoms with Crippen LogP contribution in [0.4, 0.5) is 21.6 Å². The van der Waals surface area contributed by atoms with Gasteiger partial charge in [-0.05, 0) is 36.7 Å². The molecule has 12 heteroatoms. The van der Waals surface area contributed by atoms with Gasteiger partial charge in [0.2, 0.25) is 11.2 Å². The van der Waals surface area contributed by atoms with Crippen molar-refractivity contribution in [2.75, 3.05) is 10.6 Å². The number of benzene rings is 1. The molecule has 0 saturated carbocycles. The van der Waals surface area contributed by atoms with Crippen molar-refractivity contribution in [1.82, 2.24) is 34.3 Å². The zero-order valence-electron chi connectivity index (χ0n) is 15.2. The number of carbonyl (C=O) groups is 1. The minimum Gasteiger partial charge on any atom is -0.338 e. The molecule has 10 nitrogen and oxygen atoms in total. The Kier molecular flexibility index (Phi) is 5.04. The van der Waals surface area contributed by atoms with Crippen LogP contribution in [-0.2, 0) is 17.9 Å². The second-order valence-corrected chi connectivity index (χ2v) is 6.34. The topological polar surface area (TPSA) is 115 Å². The molecule has 4 rings (SSSR count). The lowest BCUT2D eigenvalue weighted by Gasteiger charge is -2.11. The van der Waals surface area contributed by atoms with Gasteiger partial charge >= 0.3 is 0 Å². The van der Waals surface area contributed by atoms with E-state index >= 15 is 0 Å². The maximum atomic E-state index is 14.2. The van der Waals surface area contributed by atoms with Crippen LogP contribution in [0.15, 0.2) is 37.2 Å². The zero-order chi connectivity index (χ0) is 20.4. The van der Waals surface area contributed by atoms with Gasteiger partial charge in [-0.25, -0.2) is 19.0 Å². The number of rotatable bonds is 6. The van der Waals surface area contributed by atoms with Crippen LogP contribution in [0.2, 0.25) is 5.28 Å². The highest BCUT2D eigenvalue weighted by Gasteiger charge is 2.14. The number of carbonyl (C=O) groups excluding carboxylic acids is 1. The molecule has 0 aliphatic heterocycles. The van der Waals surface area contributed by atoms with Crippen molar-refractivity contribution in [3.05, 3.63) is 48.3 Å². The Morgan fingerprint density at radius 2 is 2.14 bits per heavy atom. The molecule has 3 aromatic heterocycles. The van der Waals surface area contributed by atoms with Gasteiger partial charge in [0.25, 0.3) is 0 Å². The lowest BCUT2D eigenvalue weighted by molar-refractivity contribution is -0.116. The molecule has 0 unspecified atom stereocenters. The Morgan fingerprint density at radius 3 is 2.90 bits per heavy atom. The predicted molar refractivity (Wildman–Crippen MR) is 104 cm³/mol. The number of nitrogens with zero attached hydrogens (tertiary/aromatic N) is 7. The van der Waals surface area contributed by atoms with Crippen LogP contribution in [0.3, 0.4) is 0 Å². The number of aryl methyl sites for hydroxylation is 1. The van der Waals surface area contributed by atoms with Crippen molar-refractivity contribution in [3.8, 4) is 0 Å². The van der Waals surface area contributed by atoms with E-state index in [9.17, 15) is 9.18 Å². The first-order valence-electron chi connectivity index (χ1n) is 8.60. The van der Waals surface area contributed by atoms with E-state index in [-0.39, 0.29) is 17.5 Å². The Morgan fingerprint density at radius 1 is 1.28 bits per heavy atom. The number of amides is 1. The average molecular weight is 416 g/mol. The summed E-state index contributed by atoms with van der Waals surface area (Å²) in [5, 5.41) is 9.47. The van der Waals surface area contributed by atoms with Gasteiger partial charge < -0.3 is 15.2 Å². The molecule has 1 amide bonds. The van der Waals surface area contributed by atoms with E-state index in [1.165, 1.54) is 35.5 Å². The zero-order valence-corrected chi connectivity index (χ0v) is 15.9. The summed E-state index contributed by atoms with van der Waals surface area (Å²) in [6.45, 7) is 2.54. The van der Waals surface area contributed by atoms with Gasteiger partial charge in [-0.15, -0.1) is 0 Å². The molecule has 4 aromatic rings. The third kappa shape index (κ3) is 3.99. The van der Waals surface area contributed by atoms with Gasteiger partial charge in [0, 0.05) is 12.2 Å². The molecule has 3 heterocycles. The molecule has 0 atom stereocenters. The summed E-state index contributed by atoms with van der Waals surface area (Å²) in [7, 11) is 0. The molecule has 0 aliphatic carbocycles. The second kappa shape index (κ2) is 7.80. The van der Waals surface area contributed by atoms with E-state index in [2.05, 4.69) is 35.7 Å². The van der Waals surface area contributed by atoms with E-state index in [0.29, 0.717) is 29.2 Å². The SMILES string of the molecule is CCn1cnc2c(Nc3ccc(F)c(NC(=O)Cn4cncn4)c3)nc(Cl)nc21. The molecular formula is C17H15ClFN9O. The molecule has 1 aromatic carbocycles. The molecule has 0 fully saturated rings. The fourth-order valence-electron chi connectivity index (χ4n) is 2.72. The molecule has 0 radical (unpaired) electrons. The summed E-state index contributed by atoms with van der Waals surface area (Å²) >= 11 is 6.04. The average Bonchev–Trinajstić information content (AvgIpc) is 3.33. The Balaban J connectivity index is 1.59. The van der Waals surface area contributed by atoms with Crippen LogP contribution < -0.4 is 10.6 Å². The minimum atomic E-state index is -0.580. The van der Waals surface area contributed by atoms with E-state index in [1.54, 1.807) is 6.33 Å². The molecular weight excluding hydrogens is 401 g/mol. The molecule has 0 bridgehead atoms. The normalized spacial score (nSPS) is 11.0. The summed E-state index contributed by atoms with van der Waals surface area (Å²) in [5.74, 6) is -0.650. The van der Waals surface area contributed by atoms with Crippen LogP contribution in [0.5, 0.6) is 0 Å². The third-order valence-corrected chi connectivity index (χ3v) is 4.22.